The molecule has 0 fully saturated rings. The average molecular weight is 345 g/mol. The number of aliphatic hydroxyl groups is 1. The number of hydrogen-bond donors (Lipinski definition) is 2. The molecule has 2 rings (SSSR count). The molecule has 2 aromatic rings. The Hall–Kier alpha value is -1.22. The van der Waals surface area contributed by atoms with E-state index in [1.54, 1.807) is 17.5 Å². The summed E-state index contributed by atoms with van der Waals surface area (Å²) in [5.74, 6) is 1.22. The van der Waals surface area contributed by atoms with Gasteiger partial charge in [0.05, 0.1) is 10.4 Å². The topological polar surface area (TPSA) is 110 Å². The zero-order chi connectivity index (χ0) is 15.8. The fourth-order valence-electron chi connectivity index (χ4n) is 1.77. The van der Waals surface area contributed by atoms with Crippen LogP contribution in [-0.4, -0.2) is 21.7 Å². The molecule has 2 heterocycles. The van der Waals surface area contributed by atoms with Crippen LogP contribution in [0.1, 0.15) is 22.0 Å². The first-order valence-electron chi connectivity index (χ1n) is 6.18. The second kappa shape index (κ2) is 8.94. The van der Waals surface area contributed by atoms with Gasteiger partial charge in [0.15, 0.2) is 12.2 Å². The van der Waals surface area contributed by atoms with Crippen molar-refractivity contribution in [3.05, 3.63) is 33.7 Å². The van der Waals surface area contributed by atoms with Gasteiger partial charge >= 0.3 is 25.7 Å². The molecule has 0 aliphatic rings. The SMILES string of the molecule is Cc1ncc(C[n+]2csc(CCO)c2C)c(N)n1.[O]=[Ti]=[O]. The van der Waals surface area contributed by atoms with Crippen LogP contribution in [0.4, 0.5) is 5.82 Å². The number of hydrogen-bond acceptors (Lipinski definition) is 7. The van der Waals surface area contributed by atoms with Crippen molar-refractivity contribution in [2.45, 2.75) is 26.8 Å². The second-order valence-corrected chi connectivity index (χ2v) is 5.44. The van der Waals surface area contributed by atoms with Gasteiger partial charge < -0.3 is 10.8 Å². The van der Waals surface area contributed by atoms with Crippen LogP contribution in [0.5, 0.6) is 0 Å². The third-order valence-corrected chi connectivity index (χ3v) is 4.00. The predicted octanol–water partition coefficient (Wildman–Crippen LogP) is 0.368. The quantitative estimate of drug-likeness (QED) is 0.612. The summed E-state index contributed by atoms with van der Waals surface area (Å²) in [7, 11) is 0. The zero-order valence-corrected chi connectivity index (χ0v) is 14.2. The number of aryl methyl sites for hydroxylation is 1. The molecule has 0 unspecified atom stereocenters. The Balaban J connectivity index is 0.000000677. The van der Waals surface area contributed by atoms with Crippen molar-refractivity contribution in [3.63, 3.8) is 0 Å². The number of aromatic nitrogens is 3. The molecule has 9 heteroatoms. The van der Waals surface area contributed by atoms with Crippen LogP contribution in [0, 0.1) is 13.8 Å². The molecular weight excluding hydrogens is 328 g/mol. The van der Waals surface area contributed by atoms with Crippen molar-refractivity contribution in [1.82, 2.24) is 9.97 Å². The summed E-state index contributed by atoms with van der Waals surface area (Å²) in [5, 5.41) is 8.98. The van der Waals surface area contributed by atoms with E-state index in [1.165, 1.54) is 4.88 Å². The molecule has 21 heavy (non-hydrogen) atoms. The first-order chi connectivity index (χ1) is 10.0. The van der Waals surface area contributed by atoms with Crippen LogP contribution < -0.4 is 10.3 Å². The van der Waals surface area contributed by atoms with Crippen molar-refractivity contribution in [2.24, 2.45) is 0 Å². The maximum absolute atomic E-state index is 8.98. The predicted molar refractivity (Wildman–Crippen MR) is 71.7 cm³/mol. The Labute approximate surface area is 135 Å². The Morgan fingerprint density at radius 3 is 2.67 bits per heavy atom. The van der Waals surface area contributed by atoms with Gasteiger partial charge in [-0.25, -0.2) is 9.97 Å². The first-order valence-corrected chi connectivity index (χ1v) is 8.33. The van der Waals surface area contributed by atoms with Crippen LogP contribution in [0.15, 0.2) is 11.7 Å². The van der Waals surface area contributed by atoms with E-state index in [0.717, 1.165) is 11.3 Å². The molecule has 0 radical (unpaired) electrons. The molecule has 0 spiro atoms. The summed E-state index contributed by atoms with van der Waals surface area (Å²) < 4.78 is 19.1. The van der Waals surface area contributed by atoms with Crippen LogP contribution in [0.25, 0.3) is 0 Å². The minimum absolute atomic E-state index is 0.178. The molecule has 0 atom stereocenters. The van der Waals surface area contributed by atoms with E-state index in [0.29, 0.717) is 24.6 Å². The molecule has 2 aromatic heterocycles. The molecule has 0 amide bonds. The van der Waals surface area contributed by atoms with Gasteiger partial charge in [-0.15, -0.1) is 0 Å². The summed E-state index contributed by atoms with van der Waals surface area (Å²) in [4.78, 5) is 9.53. The van der Waals surface area contributed by atoms with Gasteiger partial charge in [-0.1, -0.05) is 11.3 Å². The summed E-state index contributed by atoms with van der Waals surface area (Å²) >= 11 is -0.350. The first kappa shape index (κ1) is 17.8. The Bertz CT molecular complexity index is 641. The molecule has 7 nitrogen and oxygen atoms in total. The number of thiazole rings is 1. The van der Waals surface area contributed by atoms with Crippen LogP contribution in [0.3, 0.4) is 0 Å². The summed E-state index contributed by atoms with van der Waals surface area (Å²) in [5.41, 5.74) is 10.0. The van der Waals surface area contributed by atoms with Gasteiger partial charge in [-0.3, -0.25) is 0 Å². The van der Waals surface area contributed by atoms with Crippen molar-refractivity contribution in [1.29, 1.82) is 0 Å². The van der Waals surface area contributed by atoms with E-state index in [-0.39, 0.29) is 6.61 Å². The summed E-state index contributed by atoms with van der Waals surface area (Å²) in [6, 6.07) is 0. The van der Waals surface area contributed by atoms with Gasteiger partial charge in [0.1, 0.15) is 11.6 Å². The number of aliphatic hydroxyl groups excluding tert-OH is 1. The van der Waals surface area contributed by atoms with Gasteiger partial charge in [0, 0.05) is 26.1 Å². The number of nitrogen functional groups attached to an aromatic ring is 1. The van der Waals surface area contributed by atoms with Crippen molar-refractivity contribution in [2.75, 3.05) is 12.3 Å². The minimum atomic E-state index is -2.00. The van der Waals surface area contributed by atoms with E-state index in [9.17, 15) is 0 Å². The van der Waals surface area contributed by atoms with Crippen LogP contribution in [-0.2, 0) is 38.7 Å². The van der Waals surface area contributed by atoms with Gasteiger partial charge in [-0.05, 0) is 6.92 Å². The molecule has 0 saturated carbocycles. The molecule has 112 valence electrons. The molecule has 0 aromatic carbocycles. The molecule has 0 bridgehead atoms. The van der Waals surface area contributed by atoms with Gasteiger partial charge in [0.2, 0.25) is 5.51 Å². The molecule has 0 saturated heterocycles. The third kappa shape index (κ3) is 5.24. The number of nitrogens with zero attached hydrogens (tertiary/aromatic N) is 3. The number of nitrogens with two attached hydrogens (primary N) is 1. The molecular formula is C12H17N4O3STi+. The standard InChI is InChI=1S/C12H17N4OS.2O.Ti/c1-8-11(3-4-17)18-7-16(8)6-10-5-14-9(2)15-12(10)13;;;/h5,7,17H,3-4,6H2,1-2H3,(H2,13,14,15);;;/q+1;;;. The normalized spacial score (nSPS) is 9.67. The van der Waals surface area contributed by atoms with Crippen molar-refractivity contribution in [3.8, 4) is 0 Å². The maximum atomic E-state index is 8.98. The molecule has 0 aliphatic carbocycles. The van der Waals surface area contributed by atoms with Crippen LogP contribution in [0.2, 0.25) is 0 Å². The van der Waals surface area contributed by atoms with Crippen LogP contribution >= 0.6 is 11.3 Å². The number of anilines is 1. The average Bonchev–Trinajstić information content (AvgIpc) is 2.76. The second-order valence-electron chi connectivity index (χ2n) is 4.24. The molecule has 3 N–H and O–H groups in total. The summed E-state index contributed by atoms with van der Waals surface area (Å²) in [6.07, 6.45) is 2.47. The Morgan fingerprint density at radius 2 is 2.10 bits per heavy atom. The monoisotopic (exact) mass is 345 g/mol. The fraction of sp³-hybridized carbons (Fsp3) is 0.417. The van der Waals surface area contributed by atoms with E-state index in [2.05, 4.69) is 14.5 Å². The Kier molecular flexibility index (Phi) is 7.59. The molecule has 0 aliphatic heterocycles. The van der Waals surface area contributed by atoms with Gasteiger partial charge in [0.25, 0.3) is 0 Å². The summed E-state index contributed by atoms with van der Waals surface area (Å²) in [6.45, 7) is 4.71. The van der Waals surface area contributed by atoms with E-state index in [1.807, 2.05) is 19.4 Å². The van der Waals surface area contributed by atoms with Crippen molar-refractivity contribution >= 4 is 17.2 Å². The van der Waals surface area contributed by atoms with Crippen molar-refractivity contribution < 1.29 is 35.4 Å². The van der Waals surface area contributed by atoms with E-state index in [4.69, 9.17) is 17.5 Å². The Morgan fingerprint density at radius 1 is 1.43 bits per heavy atom. The van der Waals surface area contributed by atoms with Gasteiger partial charge in [-0.2, -0.15) is 4.57 Å². The van der Waals surface area contributed by atoms with E-state index < -0.39 is 19.1 Å². The third-order valence-electron chi connectivity index (χ3n) is 2.85. The zero-order valence-electron chi connectivity index (χ0n) is 11.9. The fourth-order valence-corrected chi connectivity index (χ4v) is 2.75. The van der Waals surface area contributed by atoms with E-state index >= 15 is 0 Å². The number of rotatable bonds is 4.